The summed E-state index contributed by atoms with van der Waals surface area (Å²) in [6.07, 6.45) is 0.422. The molecule has 5 nitrogen and oxygen atoms in total. The van der Waals surface area contributed by atoms with E-state index in [1.165, 1.54) is 6.07 Å². The topological polar surface area (TPSA) is 46.8 Å². The number of rotatable bonds is 3. The number of aromatic nitrogens is 2. The first-order valence-electron chi connectivity index (χ1n) is 10.4. The lowest BCUT2D eigenvalue weighted by atomic mass is 9.95. The highest BCUT2D eigenvalue weighted by Gasteiger charge is 2.44. The predicted molar refractivity (Wildman–Crippen MR) is 108 cm³/mol. The van der Waals surface area contributed by atoms with Crippen LogP contribution in [0.5, 0.6) is 5.75 Å². The number of carbonyl (C=O) groups excluding carboxylic acids is 1. The van der Waals surface area contributed by atoms with Gasteiger partial charge in [0.05, 0.1) is 0 Å². The Bertz CT molecular complexity index is 1130. The molecule has 5 rings (SSSR count). The Morgan fingerprint density at radius 1 is 1.13 bits per heavy atom. The van der Waals surface area contributed by atoms with Crippen molar-refractivity contribution in [2.24, 2.45) is 11.8 Å². The molecule has 0 N–H and O–H groups in total. The zero-order valence-corrected chi connectivity index (χ0v) is 17.0. The van der Waals surface area contributed by atoms with Gasteiger partial charge in [0.15, 0.2) is 0 Å². The number of ether oxygens (including phenoxy) is 1. The fourth-order valence-electron chi connectivity index (χ4n) is 5.10. The first-order chi connectivity index (χ1) is 14.8. The van der Waals surface area contributed by atoms with Gasteiger partial charge in [0, 0.05) is 25.5 Å². The second-order valence-electron chi connectivity index (χ2n) is 8.58. The van der Waals surface area contributed by atoms with Crippen molar-refractivity contribution in [2.75, 3.05) is 13.1 Å². The Morgan fingerprint density at radius 3 is 2.55 bits per heavy atom. The molecule has 1 aromatic carbocycles. The van der Waals surface area contributed by atoms with E-state index >= 15 is 0 Å². The maximum Gasteiger partial charge on any atom is 0.573 e. The van der Waals surface area contributed by atoms with Crippen LogP contribution in [0.25, 0.3) is 5.65 Å². The molecule has 1 unspecified atom stereocenters. The Labute approximate surface area is 177 Å². The average molecular weight is 429 g/mol. The van der Waals surface area contributed by atoms with E-state index in [2.05, 4.69) is 9.72 Å². The molecule has 3 aromatic rings. The van der Waals surface area contributed by atoms with Crippen molar-refractivity contribution >= 4 is 11.6 Å². The van der Waals surface area contributed by atoms with Crippen molar-refractivity contribution in [2.45, 2.75) is 32.0 Å². The molecule has 0 bridgehead atoms. The molecule has 1 aliphatic heterocycles. The number of aryl methyl sites for hydroxylation is 1. The summed E-state index contributed by atoms with van der Waals surface area (Å²) < 4.78 is 44.4. The summed E-state index contributed by atoms with van der Waals surface area (Å²) in [6.45, 7) is 3.19. The van der Waals surface area contributed by atoms with Gasteiger partial charge in [0.2, 0.25) is 0 Å². The Hall–Kier alpha value is -3.03. The molecule has 1 aliphatic carbocycles. The van der Waals surface area contributed by atoms with Crippen molar-refractivity contribution < 1.29 is 22.7 Å². The van der Waals surface area contributed by atoms with Crippen LogP contribution in [0, 0.1) is 18.8 Å². The zero-order chi connectivity index (χ0) is 21.8. The Kier molecular flexibility index (Phi) is 4.68. The maximum absolute atomic E-state index is 13.0. The van der Waals surface area contributed by atoms with E-state index in [1.807, 2.05) is 34.6 Å². The number of carbonyl (C=O) groups is 1. The number of alkyl halides is 3. The number of hydrogen-bond donors (Lipinski definition) is 0. The number of nitrogens with zero attached hydrogens (tertiary/aromatic N) is 3. The third-order valence-electron chi connectivity index (χ3n) is 6.46. The molecule has 3 heterocycles. The van der Waals surface area contributed by atoms with Gasteiger partial charge in [-0.1, -0.05) is 18.2 Å². The minimum Gasteiger partial charge on any atom is -0.405 e. The molecule has 0 spiro atoms. The van der Waals surface area contributed by atoms with Gasteiger partial charge in [0.25, 0.3) is 5.91 Å². The molecular formula is C23H22F3N3O2. The molecular weight excluding hydrogens is 407 g/mol. The monoisotopic (exact) mass is 429 g/mol. The number of para-hydroxylation sites is 1. The minimum absolute atomic E-state index is 0.00368. The largest absolute Gasteiger partial charge is 0.573 e. The van der Waals surface area contributed by atoms with E-state index in [0.29, 0.717) is 24.3 Å². The van der Waals surface area contributed by atoms with Crippen molar-refractivity contribution in [3.8, 4) is 5.75 Å². The van der Waals surface area contributed by atoms with E-state index in [4.69, 9.17) is 0 Å². The Balaban J connectivity index is 1.28. The highest BCUT2D eigenvalue weighted by molar-refractivity contribution is 5.93. The van der Waals surface area contributed by atoms with Crippen LogP contribution in [0.1, 0.15) is 40.4 Å². The van der Waals surface area contributed by atoms with Crippen LogP contribution in [0.4, 0.5) is 13.2 Å². The smallest absolute Gasteiger partial charge is 0.405 e. The molecule has 1 saturated carbocycles. The van der Waals surface area contributed by atoms with Crippen LogP contribution in [0.3, 0.4) is 0 Å². The molecule has 162 valence electrons. The molecule has 2 aliphatic rings. The number of likely N-dealkylation sites (tertiary alicyclic amines) is 1. The summed E-state index contributed by atoms with van der Waals surface area (Å²) >= 11 is 0. The highest BCUT2D eigenvalue weighted by Crippen LogP contribution is 2.48. The van der Waals surface area contributed by atoms with Gasteiger partial charge < -0.3 is 14.0 Å². The van der Waals surface area contributed by atoms with Gasteiger partial charge in [-0.2, -0.15) is 0 Å². The second kappa shape index (κ2) is 7.28. The number of pyridine rings is 1. The summed E-state index contributed by atoms with van der Waals surface area (Å²) in [7, 11) is 0. The van der Waals surface area contributed by atoms with Gasteiger partial charge in [-0.15, -0.1) is 13.2 Å². The molecule has 1 amide bonds. The molecule has 1 saturated heterocycles. The fourth-order valence-corrected chi connectivity index (χ4v) is 5.10. The van der Waals surface area contributed by atoms with Crippen molar-refractivity contribution in [3.05, 3.63) is 65.6 Å². The summed E-state index contributed by atoms with van der Waals surface area (Å²) in [5.74, 6) is 0.337. The number of imidazole rings is 1. The lowest BCUT2D eigenvalue weighted by Crippen LogP contribution is -2.30. The summed E-state index contributed by atoms with van der Waals surface area (Å²) in [5.41, 5.74) is 2.84. The van der Waals surface area contributed by atoms with Crippen LogP contribution in [-0.2, 0) is 0 Å². The minimum atomic E-state index is -4.71. The first kappa shape index (κ1) is 19.9. The molecule has 2 aromatic heterocycles. The summed E-state index contributed by atoms with van der Waals surface area (Å²) in [6, 6.07) is 10.3. The van der Waals surface area contributed by atoms with Gasteiger partial charge in [-0.05, 0) is 66.8 Å². The van der Waals surface area contributed by atoms with Crippen LogP contribution < -0.4 is 4.74 Å². The number of fused-ring (bicyclic) bond motifs is 2. The van der Waals surface area contributed by atoms with Crippen molar-refractivity contribution in [1.82, 2.24) is 14.3 Å². The fraction of sp³-hybridized carbons (Fsp3) is 0.391. The van der Waals surface area contributed by atoms with Gasteiger partial charge in [-0.3, -0.25) is 4.79 Å². The summed E-state index contributed by atoms with van der Waals surface area (Å²) in [4.78, 5) is 19.3. The molecule has 31 heavy (non-hydrogen) atoms. The van der Waals surface area contributed by atoms with Crippen molar-refractivity contribution in [3.63, 3.8) is 0 Å². The normalized spacial score (nSPS) is 23.4. The predicted octanol–water partition coefficient (Wildman–Crippen LogP) is 4.81. The van der Waals surface area contributed by atoms with Gasteiger partial charge in [-0.25, -0.2) is 4.98 Å². The SMILES string of the molecule is Cc1ccn2cc(C(=O)N3C[C@H]4CC(c5ccccc5OC(F)(F)F)C[C@H]4C3)nc2c1. The van der Waals surface area contributed by atoms with Crippen LogP contribution >= 0.6 is 0 Å². The number of halogens is 3. The standard InChI is InChI=1S/C23H22F3N3O2/c1-14-6-7-28-13-19(27-21(28)8-14)22(30)29-11-16-9-15(10-17(16)12-29)18-4-2-3-5-20(18)31-23(24,25)26/h2-8,13,15-17H,9-12H2,1H3/t15?,16-,17+. The molecule has 3 atom stereocenters. The lowest BCUT2D eigenvalue weighted by molar-refractivity contribution is -0.275. The average Bonchev–Trinajstić information content (AvgIpc) is 3.38. The maximum atomic E-state index is 13.0. The zero-order valence-electron chi connectivity index (χ0n) is 17.0. The van der Waals surface area contributed by atoms with E-state index in [9.17, 15) is 18.0 Å². The lowest BCUT2D eigenvalue weighted by Gasteiger charge is -2.20. The second-order valence-corrected chi connectivity index (χ2v) is 8.58. The van der Waals surface area contributed by atoms with E-state index in [0.717, 1.165) is 24.1 Å². The van der Waals surface area contributed by atoms with Gasteiger partial charge >= 0.3 is 6.36 Å². The van der Waals surface area contributed by atoms with Crippen molar-refractivity contribution in [1.29, 1.82) is 0 Å². The number of amides is 1. The molecule has 8 heteroatoms. The third kappa shape index (κ3) is 3.86. The quantitative estimate of drug-likeness (QED) is 0.601. The molecule has 2 fully saturated rings. The van der Waals surface area contributed by atoms with E-state index < -0.39 is 6.36 Å². The van der Waals surface area contributed by atoms with Crippen LogP contribution in [-0.4, -0.2) is 39.6 Å². The summed E-state index contributed by atoms with van der Waals surface area (Å²) in [5, 5.41) is 0. The van der Waals surface area contributed by atoms with Crippen LogP contribution in [0.15, 0.2) is 48.8 Å². The van der Waals surface area contributed by atoms with Crippen LogP contribution in [0.2, 0.25) is 0 Å². The first-order valence-corrected chi connectivity index (χ1v) is 10.4. The van der Waals surface area contributed by atoms with E-state index in [1.54, 1.807) is 24.4 Å². The molecule has 0 radical (unpaired) electrons. The van der Waals surface area contributed by atoms with Gasteiger partial charge in [0.1, 0.15) is 17.1 Å². The third-order valence-corrected chi connectivity index (χ3v) is 6.46. The highest BCUT2D eigenvalue weighted by atomic mass is 19.4. The number of benzene rings is 1. The number of hydrogen-bond acceptors (Lipinski definition) is 3. The van der Waals surface area contributed by atoms with E-state index in [-0.39, 0.29) is 29.4 Å². The Morgan fingerprint density at radius 2 is 1.84 bits per heavy atom.